The van der Waals surface area contributed by atoms with Crippen molar-refractivity contribution in [2.24, 2.45) is 15.9 Å². The minimum Gasteiger partial charge on any atom is -0.494 e. The van der Waals surface area contributed by atoms with Gasteiger partial charge in [-0.3, -0.25) is 0 Å². The number of aromatic amines is 1. The predicted molar refractivity (Wildman–Crippen MR) is 127 cm³/mol. The highest BCUT2D eigenvalue weighted by Crippen LogP contribution is 2.35. The molecule has 1 aromatic heterocycles. The van der Waals surface area contributed by atoms with Crippen LogP contribution < -0.4 is 5.73 Å². The fourth-order valence-electron chi connectivity index (χ4n) is 3.54. The van der Waals surface area contributed by atoms with Crippen LogP contribution in [0, 0.1) is 0 Å². The monoisotopic (exact) mass is 452 g/mol. The molecule has 4 N–H and O–H groups in total. The van der Waals surface area contributed by atoms with E-state index in [4.69, 9.17) is 29.8 Å². The number of nitrogens with one attached hydrogen (secondary N) is 1. The number of hydrogen-bond donors (Lipinski definition) is 3. The van der Waals surface area contributed by atoms with Gasteiger partial charge in [0.15, 0.2) is 5.88 Å². The molecule has 33 heavy (non-hydrogen) atoms. The molecule has 0 aliphatic carbocycles. The summed E-state index contributed by atoms with van der Waals surface area (Å²) >= 11 is 0. The van der Waals surface area contributed by atoms with Gasteiger partial charge in [-0.25, -0.2) is 4.99 Å². The van der Waals surface area contributed by atoms with Crippen molar-refractivity contribution in [3.8, 4) is 5.88 Å². The van der Waals surface area contributed by atoms with Crippen molar-refractivity contribution >= 4 is 28.0 Å². The van der Waals surface area contributed by atoms with E-state index in [0.717, 1.165) is 22.2 Å². The van der Waals surface area contributed by atoms with Crippen molar-refractivity contribution < 1.29 is 24.2 Å². The number of H-pyrrole nitrogens is 1. The number of rotatable bonds is 13. The molecule has 2 heterocycles. The number of nitrogens with two attached hydrogens (primary N) is 1. The number of aromatic hydroxyl groups is 1. The molecule has 3 aromatic rings. The molecule has 9 heteroatoms. The van der Waals surface area contributed by atoms with E-state index in [1.54, 1.807) is 0 Å². The van der Waals surface area contributed by atoms with Crippen LogP contribution in [0.5, 0.6) is 5.88 Å². The third-order valence-corrected chi connectivity index (χ3v) is 5.02. The lowest BCUT2D eigenvalue weighted by atomic mass is 10.0. The van der Waals surface area contributed by atoms with Crippen LogP contribution in [0.1, 0.15) is 11.1 Å². The second-order valence-electron chi connectivity index (χ2n) is 7.27. The highest BCUT2D eigenvalue weighted by molar-refractivity contribution is 6.58. The molecule has 0 radical (unpaired) electrons. The second kappa shape index (κ2) is 11.6. The van der Waals surface area contributed by atoms with Gasteiger partial charge in [0.2, 0.25) is 0 Å². The number of aliphatic imine (C=N–C) groups is 1. The van der Waals surface area contributed by atoms with Gasteiger partial charge in [0.25, 0.3) is 0 Å². The van der Waals surface area contributed by atoms with Crippen molar-refractivity contribution in [3.05, 3.63) is 59.7 Å². The molecule has 9 nitrogen and oxygen atoms in total. The summed E-state index contributed by atoms with van der Waals surface area (Å²) in [7, 11) is 0. The van der Waals surface area contributed by atoms with Crippen molar-refractivity contribution in [1.29, 1.82) is 0 Å². The van der Waals surface area contributed by atoms with E-state index in [1.165, 1.54) is 0 Å². The molecular weight excluding hydrogens is 424 g/mol. The molecule has 0 fully saturated rings. The first kappa shape index (κ1) is 22.9. The third kappa shape index (κ3) is 5.58. The molecule has 0 amide bonds. The average Bonchev–Trinajstić information content (AvgIpc) is 3.36. The summed E-state index contributed by atoms with van der Waals surface area (Å²) < 4.78 is 16.2. The molecule has 1 aliphatic rings. The smallest absolute Gasteiger partial charge is 0.199 e. The maximum Gasteiger partial charge on any atom is 0.199 e. The number of ether oxygens (including phenoxy) is 3. The molecular formula is C24H28N4O5. The van der Waals surface area contributed by atoms with E-state index in [2.05, 4.69) is 10.1 Å². The van der Waals surface area contributed by atoms with E-state index < -0.39 is 0 Å². The van der Waals surface area contributed by atoms with Gasteiger partial charge < -0.3 is 34.9 Å². The minimum atomic E-state index is 0.0483. The first-order valence-electron chi connectivity index (χ1n) is 10.9. The first-order valence-corrected chi connectivity index (χ1v) is 10.9. The molecule has 0 spiro atoms. The molecule has 0 unspecified atom stereocenters. The van der Waals surface area contributed by atoms with Gasteiger partial charge in [-0.1, -0.05) is 41.6 Å². The molecule has 1 aliphatic heterocycles. The zero-order valence-corrected chi connectivity index (χ0v) is 18.3. The third-order valence-electron chi connectivity index (χ3n) is 5.02. The standard InChI is InChI=1S/C24H28N4O5/c25-9-10-30-11-12-31-13-14-32-15-16-33-28-22-18-6-2-4-8-20(18)26-23(22)21-17-5-1-3-7-19(17)27-24(21)29/h1-8,27,29H,9-16,25H2/b28-22+. The molecule has 0 saturated carbocycles. The Bertz CT molecular complexity index is 1120. The van der Waals surface area contributed by atoms with Gasteiger partial charge in [-0.2, -0.15) is 0 Å². The lowest BCUT2D eigenvalue weighted by molar-refractivity contribution is -0.000231. The minimum absolute atomic E-state index is 0.0483. The van der Waals surface area contributed by atoms with Crippen LogP contribution in [0.2, 0.25) is 0 Å². The number of hydrogen-bond acceptors (Lipinski definition) is 8. The molecule has 4 rings (SSSR count). The Kier molecular flexibility index (Phi) is 8.04. The Morgan fingerprint density at radius 3 is 2.30 bits per heavy atom. The summed E-state index contributed by atoms with van der Waals surface area (Å²) in [5.74, 6) is 0.0483. The summed E-state index contributed by atoms with van der Waals surface area (Å²) in [6.07, 6.45) is 0. The summed E-state index contributed by atoms with van der Waals surface area (Å²) in [6.45, 7) is 3.66. The van der Waals surface area contributed by atoms with E-state index in [0.29, 0.717) is 63.2 Å². The Hall–Kier alpha value is -3.24. The van der Waals surface area contributed by atoms with E-state index in [-0.39, 0.29) is 12.5 Å². The number of aromatic nitrogens is 1. The number of fused-ring (bicyclic) bond motifs is 2. The topological polar surface area (TPSA) is 124 Å². The van der Waals surface area contributed by atoms with Gasteiger partial charge in [-0.15, -0.1) is 0 Å². The zero-order valence-electron chi connectivity index (χ0n) is 18.3. The van der Waals surface area contributed by atoms with E-state index in [9.17, 15) is 5.11 Å². The fourth-order valence-corrected chi connectivity index (χ4v) is 3.54. The van der Waals surface area contributed by atoms with E-state index >= 15 is 0 Å². The first-order chi connectivity index (χ1) is 16.3. The van der Waals surface area contributed by atoms with Crippen LogP contribution in [-0.2, 0) is 19.0 Å². The van der Waals surface area contributed by atoms with Gasteiger partial charge in [0.1, 0.15) is 18.0 Å². The fraction of sp³-hybridized carbons (Fsp3) is 0.333. The maximum atomic E-state index is 10.6. The van der Waals surface area contributed by atoms with Gasteiger partial charge in [-0.05, 0) is 12.1 Å². The lowest BCUT2D eigenvalue weighted by Gasteiger charge is -2.07. The van der Waals surface area contributed by atoms with Crippen LogP contribution in [-0.4, -0.2) is 74.3 Å². The Morgan fingerprint density at radius 1 is 0.848 bits per heavy atom. The van der Waals surface area contributed by atoms with Crippen LogP contribution in [0.4, 0.5) is 5.69 Å². The van der Waals surface area contributed by atoms with Gasteiger partial charge in [0.05, 0.1) is 50.9 Å². The van der Waals surface area contributed by atoms with Crippen molar-refractivity contribution in [2.45, 2.75) is 0 Å². The molecule has 2 aromatic carbocycles. The molecule has 0 atom stereocenters. The Morgan fingerprint density at radius 2 is 1.52 bits per heavy atom. The van der Waals surface area contributed by atoms with Crippen molar-refractivity contribution in [3.63, 3.8) is 0 Å². The second-order valence-corrected chi connectivity index (χ2v) is 7.27. The Balaban J connectivity index is 1.34. The lowest BCUT2D eigenvalue weighted by Crippen LogP contribution is -2.15. The normalized spacial score (nSPS) is 14.1. The zero-order chi connectivity index (χ0) is 22.9. The maximum absolute atomic E-state index is 10.6. The number of oxime groups is 1. The SMILES string of the molecule is NCCOCCOCCOCCO/N=C1/C(c2c(O)[nH]c3ccccc23)=Nc2ccccc21. The largest absolute Gasteiger partial charge is 0.494 e. The highest BCUT2D eigenvalue weighted by atomic mass is 16.6. The van der Waals surface area contributed by atoms with Crippen molar-refractivity contribution in [1.82, 2.24) is 4.98 Å². The highest BCUT2D eigenvalue weighted by Gasteiger charge is 2.29. The summed E-state index contributed by atoms with van der Waals surface area (Å²) in [5, 5.41) is 15.8. The van der Waals surface area contributed by atoms with E-state index in [1.807, 2.05) is 48.5 Å². The molecule has 0 saturated heterocycles. The predicted octanol–water partition coefficient (Wildman–Crippen LogP) is 2.74. The van der Waals surface area contributed by atoms with Crippen LogP contribution in [0.25, 0.3) is 10.9 Å². The van der Waals surface area contributed by atoms with Gasteiger partial charge in [0, 0.05) is 23.0 Å². The number of para-hydroxylation sites is 2. The number of nitrogens with zero attached hydrogens (tertiary/aromatic N) is 2. The average molecular weight is 453 g/mol. The summed E-state index contributed by atoms with van der Waals surface area (Å²) in [4.78, 5) is 13.3. The van der Waals surface area contributed by atoms with Crippen LogP contribution in [0.15, 0.2) is 58.7 Å². The molecule has 0 bridgehead atoms. The Labute approximate surface area is 191 Å². The molecule has 174 valence electrons. The van der Waals surface area contributed by atoms with Crippen LogP contribution in [0.3, 0.4) is 0 Å². The van der Waals surface area contributed by atoms with Gasteiger partial charge >= 0.3 is 0 Å². The summed E-state index contributed by atoms with van der Waals surface area (Å²) in [5.41, 5.74) is 9.55. The van der Waals surface area contributed by atoms with Crippen molar-refractivity contribution in [2.75, 3.05) is 52.8 Å². The summed E-state index contributed by atoms with van der Waals surface area (Å²) in [6, 6.07) is 15.4. The van der Waals surface area contributed by atoms with Crippen LogP contribution >= 0.6 is 0 Å². The number of benzene rings is 2. The quantitative estimate of drug-likeness (QED) is 0.271.